The molecular weight excluding hydrogens is 176 g/mol. The van der Waals surface area contributed by atoms with Crippen LogP contribution < -0.4 is 0 Å². The van der Waals surface area contributed by atoms with Crippen molar-refractivity contribution >= 4 is 11.6 Å². The van der Waals surface area contributed by atoms with Gasteiger partial charge in [0.05, 0.1) is 0 Å². The summed E-state index contributed by atoms with van der Waals surface area (Å²) in [6, 6.07) is 0. The lowest BCUT2D eigenvalue weighted by Gasteiger charge is -2.23. The number of hydrogen-bond donors (Lipinski definition) is 0. The summed E-state index contributed by atoms with van der Waals surface area (Å²) in [5.74, 6) is 0.384. The highest BCUT2D eigenvalue weighted by Gasteiger charge is 2.28. The van der Waals surface area contributed by atoms with Gasteiger partial charge in [0.25, 0.3) is 0 Å². The third kappa shape index (κ3) is 4.03. The van der Waals surface area contributed by atoms with E-state index in [1.807, 2.05) is 34.6 Å². The first-order valence-electron chi connectivity index (χ1n) is 5.21. The summed E-state index contributed by atoms with van der Waals surface area (Å²) in [5, 5.41) is 0. The van der Waals surface area contributed by atoms with E-state index in [4.69, 9.17) is 0 Å². The maximum atomic E-state index is 11.8. The van der Waals surface area contributed by atoms with E-state index in [0.717, 1.165) is 0 Å². The highest BCUT2D eigenvalue weighted by atomic mass is 16.1. The zero-order valence-corrected chi connectivity index (χ0v) is 10.2. The summed E-state index contributed by atoms with van der Waals surface area (Å²) in [7, 11) is 0. The van der Waals surface area contributed by atoms with Crippen molar-refractivity contribution in [2.24, 2.45) is 17.3 Å². The van der Waals surface area contributed by atoms with Crippen LogP contribution >= 0.6 is 0 Å². The first kappa shape index (κ1) is 13.3. The lowest BCUT2D eigenvalue weighted by molar-refractivity contribution is -0.131. The molecule has 0 radical (unpaired) electrons. The molecule has 0 aromatic carbocycles. The quantitative estimate of drug-likeness (QED) is 0.696. The van der Waals surface area contributed by atoms with Crippen molar-refractivity contribution < 1.29 is 9.59 Å². The second-order valence-electron chi connectivity index (χ2n) is 5.26. The molecule has 0 aliphatic rings. The predicted octanol–water partition coefficient (Wildman–Crippen LogP) is 2.85. The molecule has 0 aromatic heterocycles. The molecule has 0 amide bonds. The van der Waals surface area contributed by atoms with Crippen LogP contribution in [0.4, 0.5) is 0 Å². The first-order valence-corrected chi connectivity index (χ1v) is 5.21. The van der Waals surface area contributed by atoms with Crippen molar-refractivity contribution in [1.82, 2.24) is 0 Å². The molecule has 0 saturated heterocycles. The molecule has 0 rings (SSSR count). The van der Waals surface area contributed by atoms with Crippen LogP contribution in [0.5, 0.6) is 0 Å². The van der Waals surface area contributed by atoms with Crippen molar-refractivity contribution in [3.8, 4) is 0 Å². The monoisotopic (exact) mass is 198 g/mol. The summed E-state index contributed by atoms with van der Waals surface area (Å²) >= 11 is 0. The minimum absolute atomic E-state index is 0.00343. The van der Waals surface area contributed by atoms with E-state index in [1.54, 1.807) is 6.92 Å². The van der Waals surface area contributed by atoms with Crippen molar-refractivity contribution in [2.75, 3.05) is 0 Å². The number of carbonyl (C=O) groups is 2. The van der Waals surface area contributed by atoms with Crippen molar-refractivity contribution in [3.05, 3.63) is 0 Å². The van der Waals surface area contributed by atoms with E-state index in [-0.39, 0.29) is 28.8 Å². The molecule has 0 aliphatic carbocycles. The van der Waals surface area contributed by atoms with Gasteiger partial charge in [-0.05, 0) is 13.3 Å². The topological polar surface area (TPSA) is 34.1 Å². The van der Waals surface area contributed by atoms with Crippen molar-refractivity contribution in [1.29, 1.82) is 0 Å². The minimum Gasteiger partial charge on any atom is -0.300 e. The Morgan fingerprint density at radius 2 is 1.50 bits per heavy atom. The van der Waals surface area contributed by atoms with Crippen molar-refractivity contribution in [3.63, 3.8) is 0 Å². The molecule has 0 bridgehead atoms. The number of Topliss-reactive ketones (excluding diaryl/α,β-unsaturated/α-hetero) is 2. The molecule has 2 nitrogen and oxygen atoms in total. The average molecular weight is 198 g/mol. The van der Waals surface area contributed by atoms with Crippen LogP contribution in [0, 0.1) is 17.3 Å². The van der Waals surface area contributed by atoms with Gasteiger partial charge in [-0.25, -0.2) is 0 Å². The number of rotatable bonds is 4. The normalized spacial score (nSPS) is 16.1. The van der Waals surface area contributed by atoms with Gasteiger partial charge in [0.1, 0.15) is 11.6 Å². The number of hydrogen-bond acceptors (Lipinski definition) is 2. The zero-order chi connectivity index (χ0) is 11.5. The summed E-state index contributed by atoms with van der Waals surface area (Å²) in [4.78, 5) is 22.9. The van der Waals surface area contributed by atoms with E-state index in [9.17, 15) is 9.59 Å². The van der Waals surface area contributed by atoms with Gasteiger partial charge in [-0.3, -0.25) is 9.59 Å². The Morgan fingerprint density at radius 1 is 1.07 bits per heavy atom. The standard InChI is InChI=1S/C12H22O2/c1-8(10(3)13)7-9(2)11(14)12(4,5)6/h8-9H,7H2,1-6H3. The van der Waals surface area contributed by atoms with E-state index < -0.39 is 0 Å². The number of ketones is 2. The Kier molecular flexibility index (Phi) is 4.50. The third-order valence-electron chi connectivity index (χ3n) is 2.59. The summed E-state index contributed by atoms with van der Waals surface area (Å²) in [6.45, 7) is 11.1. The molecule has 0 spiro atoms. The van der Waals surface area contributed by atoms with Crippen LogP contribution in [0.3, 0.4) is 0 Å². The Balaban J connectivity index is 4.29. The van der Waals surface area contributed by atoms with Crippen LogP contribution in [0.15, 0.2) is 0 Å². The van der Waals surface area contributed by atoms with Gasteiger partial charge in [-0.1, -0.05) is 34.6 Å². The molecule has 82 valence electrons. The maximum absolute atomic E-state index is 11.8. The van der Waals surface area contributed by atoms with E-state index in [0.29, 0.717) is 6.42 Å². The van der Waals surface area contributed by atoms with Crippen LogP contribution in [-0.4, -0.2) is 11.6 Å². The molecule has 0 saturated carbocycles. The fraction of sp³-hybridized carbons (Fsp3) is 0.833. The SMILES string of the molecule is CC(=O)C(C)CC(C)C(=O)C(C)(C)C. The lowest BCUT2D eigenvalue weighted by atomic mass is 9.80. The van der Waals surface area contributed by atoms with Crippen LogP contribution in [-0.2, 0) is 9.59 Å². The van der Waals surface area contributed by atoms with Gasteiger partial charge in [0.2, 0.25) is 0 Å². The smallest absolute Gasteiger partial charge is 0.141 e. The fourth-order valence-electron chi connectivity index (χ4n) is 1.54. The summed E-state index contributed by atoms with van der Waals surface area (Å²) in [6.07, 6.45) is 0.672. The summed E-state index contributed by atoms with van der Waals surface area (Å²) in [5.41, 5.74) is -0.296. The maximum Gasteiger partial charge on any atom is 0.141 e. The Hall–Kier alpha value is -0.660. The number of carbonyl (C=O) groups excluding carboxylic acids is 2. The van der Waals surface area contributed by atoms with Gasteiger partial charge < -0.3 is 0 Å². The molecule has 0 aliphatic heterocycles. The Labute approximate surface area is 87.1 Å². The third-order valence-corrected chi connectivity index (χ3v) is 2.59. The molecular formula is C12H22O2. The van der Waals surface area contributed by atoms with Gasteiger partial charge in [-0.2, -0.15) is 0 Å². The van der Waals surface area contributed by atoms with Gasteiger partial charge in [0.15, 0.2) is 0 Å². The Bertz CT molecular complexity index is 223. The van der Waals surface area contributed by atoms with E-state index in [1.165, 1.54) is 0 Å². The van der Waals surface area contributed by atoms with Gasteiger partial charge >= 0.3 is 0 Å². The first-order chi connectivity index (χ1) is 6.16. The second kappa shape index (κ2) is 4.72. The summed E-state index contributed by atoms with van der Waals surface area (Å²) < 4.78 is 0. The molecule has 2 unspecified atom stereocenters. The van der Waals surface area contributed by atoms with Gasteiger partial charge in [-0.15, -0.1) is 0 Å². The highest BCUT2D eigenvalue weighted by Crippen LogP contribution is 2.24. The molecule has 0 fully saturated rings. The molecule has 0 aromatic rings. The molecule has 0 heterocycles. The molecule has 2 heteroatoms. The second-order valence-corrected chi connectivity index (χ2v) is 5.26. The Morgan fingerprint density at radius 3 is 1.79 bits per heavy atom. The van der Waals surface area contributed by atoms with Crippen molar-refractivity contribution in [2.45, 2.75) is 48.0 Å². The van der Waals surface area contributed by atoms with Crippen LogP contribution in [0.2, 0.25) is 0 Å². The highest BCUT2D eigenvalue weighted by molar-refractivity contribution is 5.86. The zero-order valence-electron chi connectivity index (χ0n) is 10.2. The lowest BCUT2D eigenvalue weighted by Crippen LogP contribution is -2.28. The predicted molar refractivity (Wildman–Crippen MR) is 58.1 cm³/mol. The average Bonchev–Trinajstić information content (AvgIpc) is 2.00. The largest absolute Gasteiger partial charge is 0.300 e. The fourth-order valence-corrected chi connectivity index (χ4v) is 1.54. The van der Waals surface area contributed by atoms with Crippen LogP contribution in [0.25, 0.3) is 0 Å². The van der Waals surface area contributed by atoms with E-state index in [2.05, 4.69) is 0 Å². The van der Waals surface area contributed by atoms with Crippen LogP contribution in [0.1, 0.15) is 48.0 Å². The van der Waals surface area contributed by atoms with Gasteiger partial charge in [0, 0.05) is 17.3 Å². The minimum atomic E-state index is -0.296. The van der Waals surface area contributed by atoms with E-state index >= 15 is 0 Å². The molecule has 14 heavy (non-hydrogen) atoms. The molecule has 0 N–H and O–H groups in total. The molecule has 2 atom stereocenters.